The van der Waals surface area contributed by atoms with Crippen LogP contribution in [0.3, 0.4) is 0 Å². The van der Waals surface area contributed by atoms with E-state index in [-0.39, 0.29) is 11.5 Å². The summed E-state index contributed by atoms with van der Waals surface area (Å²) in [5, 5.41) is 10.5. The first-order chi connectivity index (χ1) is 9.95. The molecule has 4 aliphatic carbocycles. The summed E-state index contributed by atoms with van der Waals surface area (Å²) in [4.78, 5) is 0. The summed E-state index contributed by atoms with van der Waals surface area (Å²) in [6.07, 6.45) is 11.6. The largest absolute Gasteiger partial charge is 0.393 e. The van der Waals surface area contributed by atoms with Crippen molar-refractivity contribution in [3.8, 4) is 0 Å². The van der Waals surface area contributed by atoms with Gasteiger partial charge in [0.25, 0.3) is 0 Å². The van der Waals surface area contributed by atoms with E-state index in [2.05, 4.69) is 13.8 Å². The van der Waals surface area contributed by atoms with Crippen LogP contribution in [0, 0.1) is 34.5 Å². The maximum atomic E-state index is 10.5. The van der Waals surface area contributed by atoms with E-state index in [0.29, 0.717) is 11.5 Å². The van der Waals surface area contributed by atoms with Gasteiger partial charge in [-0.3, -0.25) is 0 Å². The molecule has 2 heteroatoms. The van der Waals surface area contributed by atoms with Crippen molar-refractivity contribution in [1.82, 2.24) is 0 Å². The Morgan fingerprint density at radius 3 is 2.38 bits per heavy atom. The number of hydrogen-bond donors (Lipinski definition) is 2. The molecule has 0 aromatic heterocycles. The fourth-order valence-electron chi connectivity index (χ4n) is 7.26. The van der Waals surface area contributed by atoms with Crippen molar-refractivity contribution in [2.45, 2.75) is 83.8 Å². The summed E-state index contributed by atoms with van der Waals surface area (Å²) in [6.45, 7) is 4.98. The highest BCUT2D eigenvalue weighted by Gasteiger charge is 2.59. The van der Waals surface area contributed by atoms with Crippen LogP contribution < -0.4 is 5.73 Å². The van der Waals surface area contributed by atoms with Crippen molar-refractivity contribution in [3.05, 3.63) is 0 Å². The Kier molecular flexibility index (Phi) is 3.25. The minimum atomic E-state index is -0.0336. The summed E-state index contributed by atoms with van der Waals surface area (Å²) >= 11 is 0. The summed E-state index contributed by atoms with van der Waals surface area (Å²) in [5.41, 5.74) is 7.04. The molecule has 4 saturated carbocycles. The molecule has 0 bridgehead atoms. The Hall–Kier alpha value is -0.0800. The summed E-state index contributed by atoms with van der Waals surface area (Å²) < 4.78 is 0. The van der Waals surface area contributed by atoms with E-state index in [0.717, 1.165) is 30.1 Å². The molecule has 4 rings (SSSR count). The number of aliphatic hydroxyl groups is 1. The predicted octanol–water partition coefficient (Wildman–Crippen LogP) is 3.72. The van der Waals surface area contributed by atoms with Crippen LogP contribution in [0.1, 0.15) is 71.6 Å². The SMILES string of the molecule is C[C@]12CCC(N)C[C@@H]1CC[C@@H]1[C@@H]2CC[C@]2(C)[C@@H](O)CC[C@@H]12. The Morgan fingerprint density at radius 2 is 1.57 bits per heavy atom. The summed E-state index contributed by atoms with van der Waals surface area (Å²) in [7, 11) is 0. The van der Waals surface area contributed by atoms with Crippen molar-refractivity contribution in [3.63, 3.8) is 0 Å². The average Bonchev–Trinajstić information content (AvgIpc) is 2.76. The lowest BCUT2D eigenvalue weighted by atomic mass is 9.45. The standard InChI is InChI=1S/C19H33NO/c1-18-9-7-13(20)11-12(18)3-4-14-15-5-6-17(21)19(15,2)10-8-16(14)18/h12-17,21H,3-11,20H2,1-2H3/t12-,13?,14-,15-,16-,17-,18-,19-/m0/s1. The molecule has 0 aliphatic heterocycles. The Labute approximate surface area is 129 Å². The quantitative estimate of drug-likeness (QED) is 0.714. The number of nitrogens with two attached hydrogens (primary N) is 1. The van der Waals surface area contributed by atoms with Gasteiger partial charge >= 0.3 is 0 Å². The number of rotatable bonds is 0. The van der Waals surface area contributed by atoms with E-state index in [1.807, 2.05) is 0 Å². The first-order valence-corrected chi connectivity index (χ1v) is 9.39. The molecule has 0 radical (unpaired) electrons. The topological polar surface area (TPSA) is 46.2 Å². The van der Waals surface area contributed by atoms with Gasteiger partial charge in [0.15, 0.2) is 0 Å². The number of aliphatic hydroxyl groups excluding tert-OH is 1. The lowest BCUT2D eigenvalue weighted by Crippen LogP contribution is -2.55. The zero-order chi connectivity index (χ0) is 14.8. The monoisotopic (exact) mass is 291 g/mol. The lowest BCUT2D eigenvalue weighted by molar-refractivity contribution is -0.122. The van der Waals surface area contributed by atoms with Gasteiger partial charge in [0.05, 0.1) is 6.10 Å². The van der Waals surface area contributed by atoms with E-state index in [1.165, 1.54) is 51.4 Å². The highest BCUT2D eigenvalue weighted by Crippen LogP contribution is 2.66. The normalized spacial score (nSPS) is 60.0. The van der Waals surface area contributed by atoms with E-state index in [1.54, 1.807) is 0 Å². The highest BCUT2D eigenvalue weighted by molar-refractivity contribution is 5.09. The summed E-state index contributed by atoms with van der Waals surface area (Å²) in [6, 6.07) is 0.460. The third-order valence-corrected chi connectivity index (χ3v) is 8.66. The minimum Gasteiger partial charge on any atom is -0.393 e. The van der Waals surface area contributed by atoms with Crippen LogP contribution in [0.15, 0.2) is 0 Å². The van der Waals surface area contributed by atoms with E-state index < -0.39 is 0 Å². The third kappa shape index (κ3) is 1.91. The van der Waals surface area contributed by atoms with E-state index in [9.17, 15) is 5.11 Å². The van der Waals surface area contributed by atoms with Crippen molar-refractivity contribution in [2.75, 3.05) is 0 Å². The Morgan fingerprint density at radius 1 is 0.857 bits per heavy atom. The molecule has 0 spiro atoms. The van der Waals surface area contributed by atoms with Gasteiger partial charge in [-0.05, 0) is 92.3 Å². The zero-order valence-corrected chi connectivity index (χ0v) is 13.9. The second-order valence-corrected chi connectivity index (χ2v) is 9.33. The second-order valence-electron chi connectivity index (χ2n) is 9.33. The maximum absolute atomic E-state index is 10.5. The van der Waals surface area contributed by atoms with Crippen molar-refractivity contribution >= 4 is 0 Å². The summed E-state index contributed by atoms with van der Waals surface area (Å²) in [5.74, 6) is 3.46. The first-order valence-electron chi connectivity index (χ1n) is 9.39. The highest BCUT2D eigenvalue weighted by atomic mass is 16.3. The van der Waals surface area contributed by atoms with Gasteiger partial charge in [0, 0.05) is 6.04 Å². The van der Waals surface area contributed by atoms with Gasteiger partial charge in [-0.2, -0.15) is 0 Å². The van der Waals surface area contributed by atoms with Crippen LogP contribution in [0.4, 0.5) is 0 Å². The van der Waals surface area contributed by atoms with Crippen LogP contribution in [0.2, 0.25) is 0 Å². The molecule has 0 saturated heterocycles. The maximum Gasteiger partial charge on any atom is 0.0596 e. The molecule has 0 heterocycles. The van der Waals surface area contributed by atoms with Crippen LogP contribution in [0.5, 0.6) is 0 Å². The molecule has 21 heavy (non-hydrogen) atoms. The molecule has 3 N–H and O–H groups in total. The van der Waals surface area contributed by atoms with Crippen molar-refractivity contribution < 1.29 is 5.11 Å². The predicted molar refractivity (Wildman–Crippen MR) is 85.7 cm³/mol. The van der Waals surface area contributed by atoms with Crippen LogP contribution in [-0.2, 0) is 0 Å². The molecule has 0 aromatic rings. The lowest BCUT2D eigenvalue weighted by Gasteiger charge is -2.60. The molecule has 4 aliphatic rings. The smallest absolute Gasteiger partial charge is 0.0596 e. The first kappa shape index (κ1) is 14.5. The van der Waals surface area contributed by atoms with Crippen LogP contribution in [-0.4, -0.2) is 17.3 Å². The fourth-order valence-corrected chi connectivity index (χ4v) is 7.26. The van der Waals surface area contributed by atoms with Crippen LogP contribution >= 0.6 is 0 Å². The van der Waals surface area contributed by atoms with E-state index in [4.69, 9.17) is 5.73 Å². The van der Waals surface area contributed by atoms with Crippen molar-refractivity contribution in [2.24, 2.45) is 40.2 Å². The fraction of sp³-hybridized carbons (Fsp3) is 1.00. The number of fused-ring (bicyclic) bond motifs is 5. The zero-order valence-electron chi connectivity index (χ0n) is 13.9. The van der Waals surface area contributed by atoms with Gasteiger partial charge in [-0.15, -0.1) is 0 Å². The Balaban J connectivity index is 1.62. The molecule has 0 amide bonds. The average molecular weight is 291 g/mol. The molecule has 1 unspecified atom stereocenters. The van der Waals surface area contributed by atoms with Gasteiger partial charge < -0.3 is 10.8 Å². The van der Waals surface area contributed by atoms with Gasteiger partial charge in [-0.1, -0.05) is 13.8 Å². The molecular formula is C19H33NO. The van der Waals surface area contributed by atoms with Gasteiger partial charge in [0.1, 0.15) is 0 Å². The van der Waals surface area contributed by atoms with Gasteiger partial charge in [-0.25, -0.2) is 0 Å². The minimum absolute atomic E-state index is 0.0336. The molecule has 8 atom stereocenters. The molecule has 4 fully saturated rings. The third-order valence-electron chi connectivity index (χ3n) is 8.66. The second kappa shape index (κ2) is 4.71. The molecular weight excluding hydrogens is 258 g/mol. The molecule has 0 aromatic carbocycles. The Bertz CT molecular complexity index is 424. The molecule has 2 nitrogen and oxygen atoms in total. The van der Waals surface area contributed by atoms with Crippen molar-refractivity contribution in [1.29, 1.82) is 0 Å². The van der Waals surface area contributed by atoms with Gasteiger partial charge in [0.2, 0.25) is 0 Å². The van der Waals surface area contributed by atoms with Crippen LogP contribution in [0.25, 0.3) is 0 Å². The molecule has 120 valence electrons. The number of hydrogen-bond acceptors (Lipinski definition) is 2. The van der Waals surface area contributed by atoms with E-state index >= 15 is 0 Å².